The zero-order valence-electron chi connectivity index (χ0n) is 6.70. The lowest BCUT2D eigenvalue weighted by atomic mass is 10.5. The Labute approximate surface area is 127 Å². The van der Waals surface area contributed by atoms with E-state index in [0.29, 0.717) is 0 Å². The maximum Gasteiger partial charge on any atom is 0.193 e. The van der Waals surface area contributed by atoms with Gasteiger partial charge in [-0.2, -0.15) is 0 Å². The van der Waals surface area contributed by atoms with E-state index in [2.05, 4.69) is 6.58 Å². The van der Waals surface area contributed by atoms with E-state index < -0.39 is 13.5 Å². The Kier molecular flexibility index (Phi) is 17.6. The first-order valence-electron chi connectivity index (χ1n) is 2.94. The number of alkyl halides is 7. The number of halogens is 8. The summed E-state index contributed by atoms with van der Waals surface area (Å²) < 4.78 is -1.33. The average molecular weight is 367 g/mol. The fourth-order valence-corrected chi connectivity index (χ4v) is 1.57. The molecule has 0 aliphatic heterocycles. The van der Waals surface area contributed by atoms with Gasteiger partial charge in [-0.15, -0.1) is 65.4 Å². The van der Waals surface area contributed by atoms with Gasteiger partial charge in [0.05, 0.1) is 0 Å². The minimum Gasteiger partial charge on any atom is -0.147 e. The number of hydrogen-bond acceptors (Lipinski definition) is 0. The van der Waals surface area contributed by atoms with Crippen molar-refractivity contribution in [2.45, 2.75) is 19.9 Å². The molecule has 14 heavy (non-hydrogen) atoms. The Bertz CT molecular complexity index is 132. The first-order valence-corrected chi connectivity index (χ1v) is 5.82. The summed E-state index contributed by atoms with van der Waals surface area (Å²) in [7, 11) is 0. The molecule has 0 aromatic rings. The Morgan fingerprint density at radius 3 is 1.43 bits per heavy atom. The highest BCUT2D eigenvalue weighted by molar-refractivity contribution is 6.68. The molecule has 0 aliphatic rings. The summed E-state index contributed by atoms with van der Waals surface area (Å²) in [4.78, 5) is -1.02. The summed E-state index contributed by atoms with van der Waals surface area (Å²) in [5, 5.41) is 0. The smallest absolute Gasteiger partial charge is 0.147 e. The lowest BCUT2D eigenvalue weighted by Gasteiger charge is -2.09. The van der Waals surface area contributed by atoms with Crippen molar-refractivity contribution >= 4 is 93.6 Å². The van der Waals surface area contributed by atoms with E-state index in [4.69, 9.17) is 81.2 Å². The Morgan fingerprint density at radius 1 is 1.14 bits per heavy atom. The van der Waals surface area contributed by atoms with Crippen molar-refractivity contribution in [1.29, 1.82) is 0 Å². The second kappa shape index (κ2) is 11.5. The summed E-state index contributed by atoms with van der Waals surface area (Å²) in [5.74, 6) is 0. The van der Waals surface area contributed by atoms with Crippen LogP contribution in [0.3, 0.4) is 0 Å². The third-order valence-electron chi connectivity index (χ3n) is 0.564. The highest BCUT2D eigenvalue weighted by Crippen LogP contribution is 2.33. The molecule has 0 atom stereocenters. The van der Waals surface area contributed by atoms with Crippen LogP contribution in [0.1, 0.15) is 7.85 Å². The topological polar surface area (TPSA) is 0 Å². The molecule has 0 fully saturated rings. The highest BCUT2D eigenvalue weighted by atomic mass is 35.6. The molecule has 90 valence electrons. The van der Waals surface area contributed by atoms with Gasteiger partial charge < -0.3 is 0 Å². The van der Waals surface area contributed by atoms with Crippen molar-refractivity contribution in [2.24, 2.45) is 0 Å². The molecule has 0 aromatic carbocycles. The predicted octanol–water partition coefficient (Wildman–Crippen LogP) is 6.19. The molecule has 0 spiro atoms. The molecule has 0 aromatic heterocycles. The van der Waals surface area contributed by atoms with Crippen LogP contribution in [0.15, 0.2) is 12.7 Å². The number of hydrogen-bond donors (Lipinski definition) is 0. The van der Waals surface area contributed by atoms with Crippen LogP contribution in [0.4, 0.5) is 0 Å². The molecule has 8 heteroatoms. The van der Waals surface area contributed by atoms with E-state index >= 15 is 0 Å². The molecule has 0 radical (unpaired) electrons. The van der Waals surface area contributed by atoms with Gasteiger partial charge in [0, 0.05) is 7.85 Å². The fourth-order valence-electron chi connectivity index (χ4n) is 0.175. The standard InChI is InChI=1S/C3H3Cl5.C3H4Cl2.ClH.H2/c4-2(5)1-3(6,7)8;1-2-3(4)5;;/h2H,1H2;2-3H,1H2;2*1H/i;;;1+1. The van der Waals surface area contributed by atoms with Crippen molar-refractivity contribution in [1.82, 2.24) is 0 Å². The number of allylic oxidation sites excluding steroid dienone is 1. The first kappa shape index (κ1) is 21.4. The summed E-state index contributed by atoms with van der Waals surface area (Å²) in [6.07, 6.45) is 1.60. The highest BCUT2D eigenvalue weighted by Gasteiger charge is 2.22. The van der Waals surface area contributed by atoms with E-state index in [1.807, 2.05) is 0 Å². The van der Waals surface area contributed by atoms with Crippen LogP contribution in [0.25, 0.3) is 0 Å². The molecular formula is C6H10Cl8. The van der Waals surface area contributed by atoms with Gasteiger partial charge in [-0.05, 0) is 0 Å². The van der Waals surface area contributed by atoms with E-state index in [0.717, 1.165) is 0 Å². The first-order chi connectivity index (χ1) is 5.69. The summed E-state index contributed by atoms with van der Waals surface area (Å²) >= 11 is 36.6. The van der Waals surface area contributed by atoms with Crippen LogP contribution < -0.4 is 0 Å². The van der Waals surface area contributed by atoms with E-state index in [1.54, 1.807) is 0 Å². The van der Waals surface area contributed by atoms with Gasteiger partial charge in [0.1, 0.15) is 9.67 Å². The lowest BCUT2D eigenvalue weighted by molar-refractivity contribution is 0.938. The average Bonchev–Trinajstić information content (AvgIpc) is 1.83. The molecule has 0 rings (SSSR count). The zero-order chi connectivity index (χ0) is 11.1. The second-order valence-electron chi connectivity index (χ2n) is 1.78. The molecule has 0 saturated carbocycles. The minimum atomic E-state index is -1.33. The third-order valence-corrected chi connectivity index (χ3v) is 1.69. The maximum atomic E-state index is 5.29. The molecule has 0 unspecified atom stereocenters. The maximum absolute atomic E-state index is 5.29. The molecule has 0 aliphatic carbocycles. The van der Waals surface area contributed by atoms with Crippen LogP contribution in [0.2, 0.25) is 0 Å². The molecule has 0 amide bonds. The van der Waals surface area contributed by atoms with Gasteiger partial charge in [-0.3, -0.25) is 0 Å². The van der Waals surface area contributed by atoms with Gasteiger partial charge in [0.15, 0.2) is 3.79 Å². The van der Waals surface area contributed by atoms with E-state index in [9.17, 15) is 0 Å². The summed E-state index contributed by atoms with van der Waals surface area (Å²) in [5.41, 5.74) is 0. The molecule has 0 nitrogen and oxygen atoms in total. The van der Waals surface area contributed by atoms with Crippen LogP contribution in [-0.4, -0.2) is 13.5 Å². The van der Waals surface area contributed by atoms with Crippen molar-refractivity contribution in [3.63, 3.8) is 0 Å². The van der Waals surface area contributed by atoms with Gasteiger partial charge in [0.25, 0.3) is 0 Å². The molecule has 0 bridgehead atoms. The third kappa shape index (κ3) is 29.2. The molecular weight excluding hydrogens is 356 g/mol. The Hall–Kier alpha value is 2.06. The zero-order valence-corrected chi connectivity index (χ0v) is 12.8. The van der Waals surface area contributed by atoms with E-state index in [-0.39, 0.29) is 20.3 Å². The normalized spacial score (nSPS) is 10.4. The number of rotatable bonds is 2. The molecule has 0 heterocycles. The largest absolute Gasteiger partial charge is 0.193 e. The Morgan fingerprint density at radius 2 is 1.43 bits per heavy atom. The van der Waals surface area contributed by atoms with Gasteiger partial charge in [-0.25, -0.2) is 0 Å². The molecule has 0 saturated heterocycles. The Balaban J connectivity index is -0.0000000770. The van der Waals surface area contributed by atoms with Crippen molar-refractivity contribution in [3.8, 4) is 0 Å². The van der Waals surface area contributed by atoms with Crippen LogP contribution in [0, 0.1) is 0 Å². The van der Waals surface area contributed by atoms with Crippen molar-refractivity contribution in [3.05, 3.63) is 12.7 Å². The van der Waals surface area contributed by atoms with E-state index in [1.165, 1.54) is 6.08 Å². The van der Waals surface area contributed by atoms with Crippen molar-refractivity contribution < 1.29 is 1.43 Å². The molecule has 0 N–H and O–H groups in total. The quantitative estimate of drug-likeness (QED) is 0.403. The summed E-state index contributed by atoms with van der Waals surface area (Å²) in [6.45, 7) is 3.30. The van der Waals surface area contributed by atoms with Crippen LogP contribution in [0.5, 0.6) is 0 Å². The van der Waals surface area contributed by atoms with Gasteiger partial charge in [0.2, 0.25) is 0 Å². The monoisotopic (exact) mass is 363 g/mol. The summed E-state index contributed by atoms with van der Waals surface area (Å²) in [6, 6.07) is 0. The fraction of sp³-hybridized carbons (Fsp3) is 0.667. The van der Waals surface area contributed by atoms with Gasteiger partial charge in [-0.1, -0.05) is 40.9 Å². The van der Waals surface area contributed by atoms with Crippen molar-refractivity contribution in [2.75, 3.05) is 0 Å². The lowest BCUT2D eigenvalue weighted by Crippen LogP contribution is -2.06. The predicted molar refractivity (Wildman–Crippen MR) is 75.5 cm³/mol. The second-order valence-corrected chi connectivity index (χ2v) is 6.74. The van der Waals surface area contributed by atoms with Crippen LogP contribution >= 0.6 is 93.6 Å². The SMILES string of the molecule is C=CC(Cl)Cl.Cl.ClC(Cl)CC(Cl)(Cl)Cl.[2HH]. The van der Waals surface area contributed by atoms with Crippen LogP contribution in [-0.2, 0) is 0 Å². The van der Waals surface area contributed by atoms with Gasteiger partial charge >= 0.3 is 0 Å². The minimum absolute atomic E-state index is 0.